The zero-order valence-electron chi connectivity index (χ0n) is 34.2. The maximum atomic E-state index is 5.48. The van der Waals surface area contributed by atoms with E-state index in [1.165, 1.54) is 61.0 Å². The molecule has 2 aliphatic carbocycles. The number of pyridine rings is 1. The molecule has 0 N–H and O–H groups in total. The van der Waals surface area contributed by atoms with Crippen molar-refractivity contribution in [3.8, 4) is 78.5 Å². The molecular formula is C60H37N3. The van der Waals surface area contributed by atoms with Gasteiger partial charge in [0.1, 0.15) is 0 Å². The van der Waals surface area contributed by atoms with E-state index < -0.39 is 5.41 Å². The van der Waals surface area contributed by atoms with Crippen molar-refractivity contribution in [3.05, 3.63) is 247 Å². The van der Waals surface area contributed by atoms with E-state index >= 15 is 0 Å². The van der Waals surface area contributed by atoms with Crippen LogP contribution in [0, 0.1) is 0 Å². The van der Waals surface area contributed by atoms with E-state index in [1.54, 1.807) is 0 Å². The molecule has 2 aliphatic rings. The number of hydrogen-bond donors (Lipinski definition) is 0. The molecule has 0 radical (unpaired) electrons. The fraction of sp³-hybridized carbons (Fsp3) is 0.0167. The third-order valence-corrected chi connectivity index (χ3v) is 13.3. The summed E-state index contributed by atoms with van der Waals surface area (Å²) in [5, 5.41) is 3.47. The van der Waals surface area contributed by atoms with Crippen molar-refractivity contribution in [1.82, 2.24) is 15.0 Å². The maximum Gasteiger partial charge on any atom is 0.160 e. The summed E-state index contributed by atoms with van der Waals surface area (Å²) >= 11 is 0. The van der Waals surface area contributed by atoms with Gasteiger partial charge in [-0.2, -0.15) is 0 Å². The van der Waals surface area contributed by atoms with Gasteiger partial charge in [-0.1, -0.05) is 194 Å². The topological polar surface area (TPSA) is 38.7 Å². The lowest BCUT2D eigenvalue weighted by Gasteiger charge is -2.30. The minimum Gasteiger partial charge on any atom is -0.247 e. The fourth-order valence-corrected chi connectivity index (χ4v) is 10.5. The van der Waals surface area contributed by atoms with Crippen LogP contribution in [-0.4, -0.2) is 15.0 Å². The molecule has 9 aromatic carbocycles. The Kier molecular flexibility index (Phi) is 7.82. The van der Waals surface area contributed by atoms with Gasteiger partial charge >= 0.3 is 0 Å². The summed E-state index contributed by atoms with van der Waals surface area (Å²) in [4.78, 5) is 15.9. The number of hydrogen-bond acceptors (Lipinski definition) is 3. The molecule has 2 heterocycles. The van der Waals surface area contributed by atoms with Crippen LogP contribution < -0.4 is 0 Å². The molecule has 3 nitrogen and oxygen atoms in total. The average Bonchev–Trinajstić information content (AvgIpc) is 3.83. The first kappa shape index (κ1) is 35.5. The molecule has 63 heavy (non-hydrogen) atoms. The SMILES string of the molecule is c1ccc(-c2ccc(-c3cc(-c4cccc(-c5nc6ccccc6c6cc7c(cc56)-c5ccccc5C75c6ccccc6-c6ccccc65)c4)nc(-c4ccccc4)n3)cc2)cc1. The second-order valence-electron chi connectivity index (χ2n) is 16.7. The van der Waals surface area contributed by atoms with E-state index in [0.717, 1.165) is 55.6 Å². The van der Waals surface area contributed by atoms with Crippen LogP contribution in [0.25, 0.3) is 100 Å². The summed E-state index contributed by atoms with van der Waals surface area (Å²) in [6.45, 7) is 0. The number of nitrogens with zero attached hydrogens (tertiary/aromatic N) is 3. The normalized spacial score (nSPS) is 12.9. The first-order valence-electron chi connectivity index (χ1n) is 21.6. The van der Waals surface area contributed by atoms with Crippen LogP contribution in [-0.2, 0) is 5.41 Å². The summed E-state index contributed by atoms with van der Waals surface area (Å²) in [5.41, 5.74) is 20.1. The van der Waals surface area contributed by atoms with Gasteiger partial charge in [-0.15, -0.1) is 0 Å². The van der Waals surface area contributed by atoms with Crippen molar-refractivity contribution >= 4 is 21.7 Å². The van der Waals surface area contributed by atoms with Crippen LogP contribution in [0.2, 0.25) is 0 Å². The van der Waals surface area contributed by atoms with Crippen LogP contribution in [0.1, 0.15) is 22.3 Å². The van der Waals surface area contributed by atoms with Gasteiger partial charge in [0.05, 0.1) is 28.0 Å². The van der Waals surface area contributed by atoms with Gasteiger partial charge < -0.3 is 0 Å². The van der Waals surface area contributed by atoms with Crippen LogP contribution >= 0.6 is 0 Å². The standard InChI is InChI=1S/C60H37N3/c1-3-16-38(17-4-1)39-30-32-40(33-31-39)56-37-57(63-59(62-56)41-18-5-2-6-19-41)42-20-15-21-43(34-42)58-50-35-49-46-24-9-13-28-53(46)60(54(49)36-48(50)47-25-10-14-29-55(47)61-58)51-26-11-7-22-44(51)45-23-8-12-27-52(45)60/h1-37H. The zero-order chi connectivity index (χ0) is 41.5. The van der Waals surface area contributed by atoms with Gasteiger partial charge in [0.15, 0.2) is 5.82 Å². The van der Waals surface area contributed by atoms with E-state index in [1.807, 2.05) is 24.3 Å². The Morgan fingerprint density at radius 2 is 0.778 bits per heavy atom. The Bertz CT molecular complexity index is 3570. The quantitative estimate of drug-likeness (QED) is 0.163. The summed E-state index contributed by atoms with van der Waals surface area (Å²) < 4.78 is 0. The molecule has 292 valence electrons. The minimum atomic E-state index is -0.430. The van der Waals surface area contributed by atoms with E-state index in [0.29, 0.717) is 5.82 Å². The predicted molar refractivity (Wildman–Crippen MR) is 258 cm³/mol. The lowest BCUT2D eigenvalue weighted by Crippen LogP contribution is -2.25. The minimum absolute atomic E-state index is 0.430. The monoisotopic (exact) mass is 799 g/mol. The number of fused-ring (bicyclic) bond motifs is 13. The second kappa shape index (κ2) is 13.9. The van der Waals surface area contributed by atoms with E-state index in [4.69, 9.17) is 15.0 Å². The van der Waals surface area contributed by atoms with Crippen LogP contribution in [0.15, 0.2) is 224 Å². The Morgan fingerprint density at radius 3 is 1.46 bits per heavy atom. The zero-order valence-corrected chi connectivity index (χ0v) is 34.2. The van der Waals surface area contributed by atoms with Crippen LogP contribution in [0.5, 0.6) is 0 Å². The molecule has 0 unspecified atom stereocenters. The van der Waals surface area contributed by atoms with Crippen molar-refractivity contribution in [2.45, 2.75) is 5.41 Å². The summed E-state index contributed by atoms with van der Waals surface area (Å²) in [5.74, 6) is 0.688. The molecule has 3 heteroatoms. The number of rotatable bonds is 5. The lowest BCUT2D eigenvalue weighted by molar-refractivity contribution is 0.795. The van der Waals surface area contributed by atoms with Crippen molar-refractivity contribution in [2.75, 3.05) is 0 Å². The molecule has 2 aromatic heterocycles. The molecule has 13 rings (SSSR count). The van der Waals surface area contributed by atoms with E-state index in [9.17, 15) is 0 Å². The van der Waals surface area contributed by atoms with Crippen molar-refractivity contribution < 1.29 is 0 Å². The Hall–Kier alpha value is -8.27. The summed E-state index contributed by atoms with van der Waals surface area (Å²) in [7, 11) is 0. The molecule has 0 fully saturated rings. The predicted octanol–water partition coefficient (Wildman–Crippen LogP) is 14.9. The Morgan fingerprint density at radius 1 is 0.270 bits per heavy atom. The highest BCUT2D eigenvalue weighted by Crippen LogP contribution is 2.63. The van der Waals surface area contributed by atoms with Gasteiger partial charge in [-0.05, 0) is 91.4 Å². The molecular weight excluding hydrogens is 763 g/mol. The molecule has 0 bridgehead atoms. The highest BCUT2D eigenvalue weighted by molar-refractivity contribution is 6.14. The van der Waals surface area contributed by atoms with E-state index in [2.05, 4.69) is 200 Å². The lowest BCUT2D eigenvalue weighted by atomic mass is 9.70. The van der Waals surface area contributed by atoms with Gasteiger partial charge in [-0.25, -0.2) is 15.0 Å². The molecule has 0 aliphatic heterocycles. The third-order valence-electron chi connectivity index (χ3n) is 13.3. The number of aromatic nitrogens is 3. The first-order chi connectivity index (χ1) is 31.2. The third kappa shape index (κ3) is 5.36. The average molecular weight is 800 g/mol. The molecule has 0 saturated heterocycles. The number of benzene rings is 9. The Labute approximate surface area is 365 Å². The van der Waals surface area contributed by atoms with Crippen LogP contribution in [0.3, 0.4) is 0 Å². The largest absolute Gasteiger partial charge is 0.247 e. The molecule has 0 amide bonds. The van der Waals surface area contributed by atoms with Crippen molar-refractivity contribution in [2.24, 2.45) is 0 Å². The number of para-hydroxylation sites is 1. The van der Waals surface area contributed by atoms with Gasteiger partial charge in [0.2, 0.25) is 0 Å². The highest BCUT2D eigenvalue weighted by atomic mass is 14.9. The van der Waals surface area contributed by atoms with Crippen LogP contribution in [0.4, 0.5) is 0 Å². The van der Waals surface area contributed by atoms with Crippen molar-refractivity contribution in [1.29, 1.82) is 0 Å². The van der Waals surface area contributed by atoms with E-state index in [-0.39, 0.29) is 0 Å². The second-order valence-corrected chi connectivity index (χ2v) is 16.7. The molecule has 11 aromatic rings. The Balaban J connectivity index is 1.01. The van der Waals surface area contributed by atoms with Gasteiger partial charge in [0.25, 0.3) is 0 Å². The fourth-order valence-electron chi connectivity index (χ4n) is 10.5. The van der Waals surface area contributed by atoms with Gasteiger partial charge in [-0.3, -0.25) is 0 Å². The molecule has 0 saturated carbocycles. The first-order valence-corrected chi connectivity index (χ1v) is 21.6. The molecule has 1 spiro atoms. The smallest absolute Gasteiger partial charge is 0.160 e. The maximum absolute atomic E-state index is 5.48. The van der Waals surface area contributed by atoms with Gasteiger partial charge in [0, 0.05) is 33.0 Å². The summed E-state index contributed by atoms with van der Waals surface area (Å²) in [6, 6.07) is 80.8. The summed E-state index contributed by atoms with van der Waals surface area (Å²) in [6.07, 6.45) is 0. The highest BCUT2D eigenvalue weighted by Gasteiger charge is 2.51. The molecule has 0 atom stereocenters. The van der Waals surface area contributed by atoms with Crippen molar-refractivity contribution in [3.63, 3.8) is 0 Å².